The summed E-state index contributed by atoms with van der Waals surface area (Å²) >= 11 is 0. The molecule has 2 heterocycles. The van der Waals surface area contributed by atoms with Crippen LogP contribution in [0.2, 0.25) is 0 Å². The number of aromatic nitrogens is 1. The van der Waals surface area contributed by atoms with Gasteiger partial charge in [0, 0.05) is 44.4 Å². The van der Waals surface area contributed by atoms with E-state index in [4.69, 9.17) is 18.6 Å². The van der Waals surface area contributed by atoms with Gasteiger partial charge < -0.3 is 18.6 Å². The highest BCUT2D eigenvalue weighted by molar-refractivity contribution is 7.89. The van der Waals surface area contributed by atoms with E-state index in [9.17, 15) is 13.2 Å². The molecular formula is C22H27N3O7S. The van der Waals surface area contributed by atoms with Gasteiger partial charge in [0.25, 0.3) is 0 Å². The molecule has 0 bridgehead atoms. The van der Waals surface area contributed by atoms with Crippen molar-refractivity contribution in [3.63, 3.8) is 0 Å². The predicted molar refractivity (Wildman–Crippen MR) is 121 cm³/mol. The van der Waals surface area contributed by atoms with E-state index in [-0.39, 0.29) is 23.6 Å². The molecule has 0 spiro atoms. The second-order valence-corrected chi connectivity index (χ2v) is 9.58. The van der Waals surface area contributed by atoms with Crippen LogP contribution in [0.4, 0.5) is 0 Å². The number of fused-ring (bicyclic) bond motifs is 1. The second kappa shape index (κ2) is 9.96. The van der Waals surface area contributed by atoms with Crippen molar-refractivity contribution < 1.29 is 27.0 Å². The molecule has 1 saturated heterocycles. The second-order valence-electron chi connectivity index (χ2n) is 7.64. The Kier molecular flexibility index (Phi) is 7.03. The maximum atomic E-state index is 13.7. The van der Waals surface area contributed by atoms with E-state index in [2.05, 4.69) is 9.88 Å². The molecule has 0 unspecified atom stereocenters. The monoisotopic (exact) mass is 477 g/mol. The van der Waals surface area contributed by atoms with Crippen LogP contribution >= 0.6 is 0 Å². The molecule has 11 heteroatoms. The van der Waals surface area contributed by atoms with Crippen LogP contribution in [0.15, 0.2) is 50.5 Å². The lowest BCUT2D eigenvalue weighted by atomic mass is 10.2. The number of hydrogen-bond donors (Lipinski definition) is 1. The number of H-pyrrole nitrogens is 1. The molecular weight excluding hydrogens is 450 g/mol. The predicted octanol–water partition coefficient (Wildman–Crippen LogP) is 1.66. The van der Waals surface area contributed by atoms with Gasteiger partial charge in [0.15, 0.2) is 5.58 Å². The Bertz CT molecular complexity index is 1260. The van der Waals surface area contributed by atoms with Gasteiger partial charge in [-0.1, -0.05) is 0 Å². The molecule has 2 aromatic carbocycles. The molecule has 4 rings (SSSR count). The highest BCUT2D eigenvalue weighted by Crippen LogP contribution is 2.28. The maximum absolute atomic E-state index is 13.7. The highest BCUT2D eigenvalue weighted by atomic mass is 32.2. The minimum Gasteiger partial charge on any atom is -0.497 e. The van der Waals surface area contributed by atoms with Crippen LogP contribution < -0.4 is 15.2 Å². The zero-order chi connectivity index (χ0) is 23.4. The van der Waals surface area contributed by atoms with Gasteiger partial charge in [0.05, 0.1) is 37.8 Å². The number of methoxy groups -OCH3 is 2. The molecule has 1 aliphatic rings. The molecule has 10 nitrogen and oxygen atoms in total. The quantitative estimate of drug-likeness (QED) is 0.495. The van der Waals surface area contributed by atoms with E-state index in [1.54, 1.807) is 32.4 Å². The SMILES string of the molecule is COc1ccc(OC)c(CN(CCN2CCOCC2)S(=O)(=O)c2ccc3[nH]c(=O)oc3c2)c1. The molecule has 0 radical (unpaired) electrons. The van der Waals surface area contributed by atoms with Crippen LogP contribution in [0.3, 0.4) is 0 Å². The molecule has 3 aromatic rings. The number of nitrogens with zero attached hydrogens (tertiary/aromatic N) is 2. The summed E-state index contributed by atoms with van der Waals surface area (Å²) in [5.74, 6) is 0.533. The van der Waals surface area contributed by atoms with E-state index < -0.39 is 15.8 Å². The molecule has 1 fully saturated rings. The van der Waals surface area contributed by atoms with Crippen molar-refractivity contribution in [2.24, 2.45) is 0 Å². The summed E-state index contributed by atoms with van der Waals surface area (Å²) in [6.45, 7) is 3.64. The average molecular weight is 478 g/mol. The van der Waals surface area contributed by atoms with E-state index in [0.29, 0.717) is 42.3 Å². The Morgan fingerprint density at radius 1 is 1.09 bits per heavy atom. The van der Waals surface area contributed by atoms with Gasteiger partial charge in [-0.3, -0.25) is 9.88 Å². The number of aromatic amines is 1. The fourth-order valence-corrected chi connectivity index (χ4v) is 5.22. The molecule has 1 aliphatic heterocycles. The maximum Gasteiger partial charge on any atom is 0.417 e. The van der Waals surface area contributed by atoms with Gasteiger partial charge in [-0.2, -0.15) is 4.31 Å². The molecule has 33 heavy (non-hydrogen) atoms. The van der Waals surface area contributed by atoms with Crippen LogP contribution in [0, 0.1) is 0 Å². The standard InChI is InChI=1S/C22H27N3O7S/c1-29-17-3-6-20(30-2)16(13-17)15-25(8-7-24-9-11-31-12-10-24)33(27,28)18-4-5-19-21(14-18)32-22(26)23-19/h3-6,13-14H,7-12,15H2,1-2H3,(H,23,26). The number of sulfonamides is 1. The number of ether oxygens (including phenoxy) is 3. The number of oxazole rings is 1. The Balaban J connectivity index is 1.68. The van der Waals surface area contributed by atoms with E-state index >= 15 is 0 Å². The number of benzene rings is 2. The summed E-state index contributed by atoms with van der Waals surface area (Å²) in [5.41, 5.74) is 1.30. The average Bonchev–Trinajstić information content (AvgIpc) is 3.21. The molecule has 0 aliphatic carbocycles. The minimum atomic E-state index is -3.92. The molecule has 1 N–H and O–H groups in total. The number of nitrogens with one attached hydrogen (secondary N) is 1. The van der Waals surface area contributed by atoms with Gasteiger partial charge in [0.2, 0.25) is 10.0 Å². The van der Waals surface area contributed by atoms with Gasteiger partial charge in [-0.05, 0) is 30.3 Å². The first kappa shape index (κ1) is 23.3. The third kappa shape index (κ3) is 5.22. The zero-order valence-electron chi connectivity index (χ0n) is 18.6. The van der Waals surface area contributed by atoms with Gasteiger partial charge >= 0.3 is 5.76 Å². The zero-order valence-corrected chi connectivity index (χ0v) is 19.4. The van der Waals surface area contributed by atoms with Crippen molar-refractivity contribution in [3.8, 4) is 11.5 Å². The van der Waals surface area contributed by atoms with Crippen molar-refractivity contribution >= 4 is 21.1 Å². The summed E-state index contributed by atoms with van der Waals surface area (Å²) in [4.78, 5) is 16.2. The van der Waals surface area contributed by atoms with Crippen molar-refractivity contribution in [3.05, 3.63) is 52.5 Å². The lowest BCUT2D eigenvalue weighted by molar-refractivity contribution is 0.0361. The molecule has 0 saturated carbocycles. The summed E-state index contributed by atoms with van der Waals surface area (Å²) in [6.07, 6.45) is 0. The molecule has 178 valence electrons. The third-order valence-corrected chi connectivity index (χ3v) is 7.48. The summed E-state index contributed by atoms with van der Waals surface area (Å²) in [5, 5.41) is 0. The van der Waals surface area contributed by atoms with Crippen LogP contribution in [-0.4, -0.2) is 76.2 Å². The fraction of sp³-hybridized carbons (Fsp3) is 0.409. The Morgan fingerprint density at radius 2 is 1.88 bits per heavy atom. The summed E-state index contributed by atoms with van der Waals surface area (Å²) in [6, 6.07) is 9.64. The molecule has 0 atom stereocenters. The lowest BCUT2D eigenvalue weighted by Gasteiger charge is -2.30. The van der Waals surface area contributed by atoms with E-state index in [1.165, 1.54) is 22.5 Å². The Morgan fingerprint density at radius 3 is 2.61 bits per heavy atom. The van der Waals surface area contributed by atoms with Crippen molar-refractivity contribution in [2.75, 3.05) is 53.6 Å². The van der Waals surface area contributed by atoms with Crippen LogP contribution in [0.25, 0.3) is 11.1 Å². The highest BCUT2D eigenvalue weighted by Gasteiger charge is 2.27. The van der Waals surface area contributed by atoms with E-state index in [0.717, 1.165) is 13.1 Å². The first-order chi connectivity index (χ1) is 15.9. The summed E-state index contributed by atoms with van der Waals surface area (Å²) in [7, 11) is -0.828. The van der Waals surface area contributed by atoms with Crippen LogP contribution in [0.5, 0.6) is 11.5 Å². The first-order valence-electron chi connectivity index (χ1n) is 10.5. The van der Waals surface area contributed by atoms with Crippen LogP contribution in [-0.2, 0) is 21.3 Å². The van der Waals surface area contributed by atoms with Gasteiger partial charge in [0.1, 0.15) is 11.5 Å². The van der Waals surface area contributed by atoms with Gasteiger partial charge in [-0.25, -0.2) is 13.2 Å². The molecule has 1 aromatic heterocycles. The molecule has 0 amide bonds. The smallest absolute Gasteiger partial charge is 0.417 e. The lowest BCUT2D eigenvalue weighted by Crippen LogP contribution is -2.42. The topological polar surface area (TPSA) is 114 Å². The van der Waals surface area contributed by atoms with E-state index in [1.807, 2.05) is 0 Å². The largest absolute Gasteiger partial charge is 0.497 e. The number of hydrogen-bond acceptors (Lipinski definition) is 8. The number of morpholine rings is 1. The minimum absolute atomic E-state index is 0.0431. The van der Waals surface area contributed by atoms with Crippen molar-refractivity contribution in [1.29, 1.82) is 0 Å². The van der Waals surface area contributed by atoms with Crippen molar-refractivity contribution in [1.82, 2.24) is 14.2 Å². The third-order valence-electron chi connectivity index (χ3n) is 5.63. The Hall–Kier alpha value is -2.86. The first-order valence-corrected chi connectivity index (χ1v) is 12.0. The van der Waals surface area contributed by atoms with Crippen molar-refractivity contribution in [2.45, 2.75) is 11.4 Å². The number of rotatable bonds is 9. The summed E-state index contributed by atoms with van der Waals surface area (Å²) < 4.78 is 50.0. The Labute approximate surface area is 191 Å². The van der Waals surface area contributed by atoms with Gasteiger partial charge in [-0.15, -0.1) is 0 Å². The fourth-order valence-electron chi connectivity index (χ4n) is 3.79. The normalized spacial score (nSPS) is 15.2. The van der Waals surface area contributed by atoms with Crippen LogP contribution in [0.1, 0.15) is 5.56 Å².